The van der Waals surface area contributed by atoms with Gasteiger partial charge in [-0.3, -0.25) is 19.1 Å². The summed E-state index contributed by atoms with van der Waals surface area (Å²) in [4.78, 5) is 29.5. The lowest BCUT2D eigenvalue weighted by molar-refractivity contribution is -0.140. The first-order valence-electron chi connectivity index (χ1n) is 10.2. The first-order chi connectivity index (χ1) is 16.0. The predicted molar refractivity (Wildman–Crippen MR) is 119 cm³/mol. The van der Waals surface area contributed by atoms with E-state index in [9.17, 15) is 27.2 Å². The second kappa shape index (κ2) is 8.40. The molecule has 0 unspecified atom stereocenters. The van der Waals surface area contributed by atoms with E-state index in [-0.39, 0.29) is 22.2 Å². The Morgan fingerprint density at radius 1 is 1.09 bits per heavy atom. The van der Waals surface area contributed by atoms with Gasteiger partial charge in [0.15, 0.2) is 5.82 Å². The van der Waals surface area contributed by atoms with Crippen molar-refractivity contribution in [3.63, 3.8) is 0 Å². The van der Waals surface area contributed by atoms with Crippen LogP contribution in [0.25, 0.3) is 16.5 Å². The zero-order valence-electron chi connectivity index (χ0n) is 18.3. The van der Waals surface area contributed by atoms with Crippen LogP contribution in [0.15, 0.2) is 58.4 Å². The normalized spacial score (nSPS) is 12.7. The molecule has 0 saturated carbocycles. The molecule has 1 aromatic carbocycles. The molecule has 0 bridgehead atoms. The molecule has 11 heteroatoms. The van der Waals surface area contributed by atoms with E-state index < -0.39 is 34.7 Å². The third-order valence-corrected chi connectivity index (χ3v) is 5.41. The van der Waals surface area contributed by atoms with Crippen molar-refractivity contribution >= 4 is 16.6 Å². The number of hydrogen-bond donors (Lipinski definition) is 1. The number of aryl methyl sites for hydroxylation is 2. The summed E-state index contributed by atoms with van der Waals surface area (Å²) in [5.41, 5.74) is -1.44. The number of alkyl halides is 3. The maximum absolute atomic E-state index is 14.7. The summed E-state index contributed by atoms with van der Waals surface area (Å²) in [5.74, 6) is -1.30. The van der Waals surface area contributed by atoms with E-state index in [1.54, 1.807) is 19.1 Å². The van der Waals surface area contributed by atoms with E-state index in [1.165, 1.54) is 37.0 Å². The van der Waals surface area contributed by atoms with Gasteiger partial charge in [-0.1, -0.05) is 12.1 Å². The third-order valence-electron chi connectivity index (χ3n) is 5.41. The fourth-order valence-electron chi connectivity index (χ4n) is 3.62. The molecular weight excluding hydrogens is 454 g/mol. The van der Waals surface area contributed by atoms with Crippen molar-refractivity contribution in [2.75, 3.05) is 5.32 Å². The number of nitrogens with zero attached hydrogens (tertiary/aromatic N) is 4. The van der Waals surface area contributed by atoms with Crippen molar-refractivity contribution in [2.24, 2.45) is 7.05 Å². The van der Waals surface area contributed by atoms with Crippen LogP contribution in [-0.2, 0) is 13.2 Å². The minimum absolute atomic E-state index is 0.0537. The average Bonchev–Trinajstić information content (AvgIpc) is 2.77. The summed E-state index contributed by atoms with van der Waals surface area (Å²) in [7, 11) is 1.37. The molecule has 3 aromatic heterocycles. The molecule has 7 nitrogen and oxygen atoms in total. The summed E-state index contributed by atoms with van der Waals surface area (Å²) < 4.78 is 56.4. The summed E-state index contributed by atoms with van der Waals surface area (Å²) >= 11 is 0. The first kappa shape index (κ1) is 23.1. The van der Waals surface area contributed by atoms with Gasteiger partial charge in [-0.05, 0) is 32.0 Å². The van der Waals surface area contributed by atoms with Crippen LogP contribution < -0.4 is 16.4 Å². The molecule has 1 N–H and O–H groups in total. The Hall–Kier alpha value is -4.02. The van der Waals surface area contributed by atoms with Gasteiger partial charge in [0.1, 0.15) is 5.82 Å². The molecule has 4 aromatic rings. The highest BCUT2D eigenvalue weighted by Gasteiger charge is 2.35. The molecule has 0 aliphatic carbocycles. The molecule has 176 valence electrons. The maximum Gasteiger partial charge on any atom is 0.419 e. The fraction of sp³-hybridized carbons (Fsp3) is 0.217. The van der Waals surface area contributed by atoms with E-state index in [2.05, 4.69) is 15.4 Å². The second-order valence-electron chi connectivity index (χ2n) is 7.82. The Labute approximate surface area is 190 Å². The number of aromatic nitrogens is 4. The minimum atomic E-state index is -4.85. The van der Waals surface area contributed by atoms with Crippen LogP contribution in [0, 0.1) is 12.7 Å². The number of benzene rings is 1. The first-order valence-corrected chi connectivity index (χ1v) is 10.2. The fourth-order valence-corrected chi connectivity index (χ4v) is 3.62. The van der Waals surface area contributed by atoms with Crippen molar-refractivity contribution in [2.45, 2.75) is 26.1 Å². The number of anilines is 1. The topological polar surface area (TPSA) is 81.8 Å². The quantitative estimate of drug-likeness (QED) is 0.451. The highest BCUT2D eigenvalue weighted by molar-refractivity contribution is 5.90. The van der Waals surface area contributed by atoms with Gasteiger partial charge in [-0.15, -0.1) is 0 Å². The van der Waals surface area contributed by atoms with Crippen LogP contribution in [0.1, 0.15) is 29.8 Å². The molecule has 0 fully saturated rings. The molecule has 1 atom stereocenters. The van der Waals surface area contributed by atoms with Crippen LogP contribution in [0.3, 0.4) is 0 Å². The van der Waals surface area contributed by atoms with Gasteiger partial charge in [0.2, 0.25) is 0 Å². The summed E-state index contributed by atoms with van der Waals surface area (Å²) in [6, 6.07) is 6.62. The number of halogens is 4. The van der Waals surface area contributed by atoms with Gasteiger partial charge in [-0.25, -0.2) is 9.07 Å². The second-order valence-corrected chi connectivity index (χ2v) is 7.82. The van der Waals surface area contributed by atoms with Crippen molar-refractivity contribution in [1.29, 1.82) is 0 Å². The molecule has 0 spiro atoms. The van der Waals surface area contributed by atoms with Crippen LogP contribution in [0.5, 0.6) is 0 Å². The molecule has 4 rings (SSSR count). The molecule has 3 heterocycles. The third kappa shape index (κ3) is 4.16. The Balaban J connectivity index is 1.85. The van der Waals surface area contributed by atoms with Gasteiger partial charge >= 0.3 is 6.18 Å². The number of rotatable bonds is 4. The summed E-state index contributed by atoms with van der Waals surface area (Å²) in [6.45, 7) is 3.26. The van der Waals surface area contributed by atoms with Crippen LogP contribution in [0.2, 0.25) is 0 Å². The lowest BCUT2D eigenvalue weighted by Crippen LogP contribution is -2.26. The van der Waals surface area contributed by atoms with Crippen molar-refractivity contribution in [3.05, 3.63) is 92.1 Å². The smallest absolute Gasteiger partial charge is 0.361 e. The Bertz CT molecular complexity index is 1510. The maximum atomic E-state index is 14.7. The molecule has 0 amide bonds. The van der Waals surface area contributed by atoms with Crippen LogP contribution in [-0.4, -0.2) is 19.3 Å². The van der Waals surface area contributed by atoms with Crippen LogP contribution >= 0.6 is 0 Å². The van der Waals surface area contributed by atoms with Crippen molar-refractivity contribution in [3.8, 4) is 5.69 Å². The van der Waals surface area contributed by atoms with Crippen molar-refractivity contribution < 1.29 is 17.6 Å². The van der Waals surface area contributed by atoms with Gasteiger partial charge in [0.25, 0.3) is 11.1 Å². The molecule has 0 aliphatic rings. The molecule has 0 aliphatic heterocycles. The lowest BCUT2D eigenvalue weighted by atomic mass is 10.0. The van der Waals surface area contributed by atoms with E-state index in [1.807, 2.05) is 0 Å². The molecule has 34 heavy (non-hydrogen) atoms. The van der Waals surface area contributed by atoms with Gasteiger partial charge < -0.3 is 5.32 Å². The number of hydrogen-bond acceptors (Lipinski definition) is 5. The van der Waals surface area contributed by atoms with E-state index in [4.69, 9.17) is 0 Å². The largest absolute Gasteiger partial charge is 0.419 e. The highest BCUT2D eigenvalue weighted by Crippen LogP contribution is 2.34. The minimum Gasteiger partial charge on any atom is -0.361 e. The van der Waals surface area contributed by atoms with Gasteiger partial charge in [-0.2, -0.15) is 18.3 Å². The Morgan fingerprint density at radius 3 is 2.47 bits per heavy atom. The van der Waals surface area contributed by atoms with E-state index in [0.717, 1.165) is 22.5 Å². The van der Waals surface area contributed by atoms with Gasteiger partial charge in [0, 0.05) is 36.0 Å². The average molecular weight is 473 g/mol. The SMILES string of the molecule is Cc1ccc(-n2cc3c(N[C@H](C)c4cccc(C(F)(F)F)c4F)nn(C)c(=O)c3cc2=O)cn1. The summed E-state index contributed by atoms with van der Waals surface area (Å²) in [6.07, 6.45) is -1.96. The Kier molecular flexibility index (Phi) is 5.72. The van der Waals surface area contributed by atoms with Crippen molar-refractivity contribution in [1.82, 2.24) is 19.3 Å². The highest BCUT2D eigenvalue weighted by atomic mass is 19.4. The van der Waals surface area contributed by atoms with E-state index >= 15 is 0 Å². The standard InChI is InChI=1S/C23H19F4N5O2/c1-12-7-8-14(10-28-12)32-11-17-16(9-19(32)33)22(34)31(3)30-21(17)29-13(2)15-5-4-6-18(20(15)24)23(25,26)27/h4-11,13H,1-3H3,(H,29,30)/t13-/m1/s1. The van der Waals surface area contributed by atoms with Crippen LogP contribution in [0.4, 0.5) is 23.4 Å². The zero-order chi connectivity index (χ0) is 24.8. The Morgan fingerprint density at radius 2 is 1.82 bits per heavy atom. The number of nitrogens with one attached hydrogen (secondary N) is 1. The monoisotopic (exact) mass is 473 g/mol. The van der Waals surface area contributed by atoms with E-state index in [0.29, 0.717) is 11.8 Å². The predicted octanol–water partition coefficient (Wildman–Crippen LogP) is 4.12. The zero-order valence-corrected chi connectivity index (χ0v) is 18.3. The number of pyridine rings is 2. The molecule has 0 saturated heterocycles. The lowest BCUT2D eigenvalue weighted by Gasteiger charge is -2.19. The molecule has 0 radical (unpaired) electrons. The summed E-state index contributed by atoms with van der Waals surface area (Å²) in [5, 5.41) is 7.34. The number of fused-ring (bicyclic) bond motifs is 1. The van der Waals surface area contributed by atoms with Gasteiger partial charge in [0.05, 0.1) is 28.9 Å². The molecular formula is C23H19F4N5O2.